The molecule has 1 heterocycles. The number of hydrogen-bond acceptors (Lipinski definition) is 3. The van der Waals surface area contributed by atoms with Gasteiger partial charge in [-0.05, 0) is 36.8 Å². The second-order valence-corrected chi connectivity index (χ2v) is 4.54. The van der Waals surface area contributed by atoms with E-state index in [1.54, 1.807) is 16.8 Å². The van der Waals surface area contributed by atoms with Gasteiger partial charge in [-0.1, -0.05) is 18.2 Å². The number of carbonyl (C=O) groups is 1. The van der Waals surface area contributed by atoms with E-state index in [2.05, 4.69) is 5.10 Å². The van der Waals surface area contributed by atoms with Crippen molar-refractivity contribution < 1.29 is 4.79 Å². The summed E-state index contributed by atoms with van der Waals surface area (Å²) in [6.07, 6.45) is 3.75. The lowest BCUT2D eigenvalue weighted by Crippen LogP contribution is -2.04. The quantitative estimate of drug-likeness (QED) is 0.672. The van der Waals surface area contributed by atoms with Crippen molar-refractivity contribution in [2.45, 2.75) is 13.3 Å². The first-order valence-corrected chi connectivity index (χ1v) is 6.10. The maximum absolute atomic E-state index is 11.9. The van der Waals surface area contributed by atoms with Gasteiger partial charge < -0.3 is 5.73 Å². The molecule has 1 aromatic heterocycles. The minimum Gasteiger partial charge on any atom is -0.399 e. The van der Waals surface area contributed by atoms with Crippen molar-refractivity contribution in [2.24, 2.45) is 7.05 Å². The second-order valence-electron chi connectivity index (χ2n) is 4.54. The first kappa shape index (κ1) is 13.1. The number of hydrogen-bond donors (Lipinski definition) is 1. The normalized spacial score (nSPS) is 11.1. The van der Waals surface area contributed by atoms with Gasteiger partial charge >= 0.3 is 0 Å². The fourth-order valence-electron chi connectivity index (χ4n) is 1.86. The Balaban J connectivity index is 2.01. The van der Waals surface area contributed by atoms with Crippen LogP contribution < -0.4 is 5.73 Å². The molecule has 0 saturated heterocycles. The maximum Gasteiger partial charge on any atom is 0.161 e. The Morgan fingerprint density at radius 3 is 2.63 bits per heavy atom. The van der Waals surface area contributed by atoms with E-state index in [1.807, 2.05) is 44.3 Å². The van der Waals surface area contributed by atoms with E-state index < -0.39 is 0 Å². The number of ketones is 1. The average Bonchev–Trinajstić information content (AvgIpc) is 2.67. The van der Waals surface area contributed by atoms with Crippen molar-refractivity contribution in [3.8, 4) is 0 Å². The highest BCUT2D eigenvalue weighted by molar-refractivity contribution is 5.94. The van der Waals surface area contributed by atoms with Crippen LogP contribution >= 0.6 is 0 Å². The van der Waals surface area contributed by atoms with Crippen LogP contribution in [-0.4, -0.2) is 15.6 Å². The summed E-state index contributed by atoms with van der Waals surface area (Å²) in [5.41, 5.74) is 9.13. The summed E-state index contributed by atoms with van der Waals surface area (Å²) in [4.78, 5) is 11.9. The van der Waals surface area contributed by atoms with Gasteiger partial charge in [0.1, 0.15) is 0 Å². The number of allylic oxidation sites excluding steroid dienone is 1. The molecule has 2 aromatic rings. The number of nitrogen functional groups attached to an aromatic ring is 1. The lowest BCUT2D eigenvalue weighted by molar-refractivity contribution is -0.114. The minimum atomic E-state index is 0.0554. The van der Waals surface area contributed by atoms with Crippen LogP contribution in [0.2, 0.25) is 0 Å². The standard InChI is InChI=1S/C15H17N3O/c1-11-9-14(18(2)17-11)10-15(19)8-5-12-3-6-13(16)7-4-12/h3-9H,10,16H2,1-2H3/b8-5+. The first-order valence-electron chi connectivity index (χ1n) is 6.10. The molecule has 0 unspecified atom stereocenters. The number of aryl methyl sites for hydroxylation is 2. The Morgan fingerprint density at radius 2 is 2.05 bits per heavy atom. The van der Waals surface area contributed by atoms with E-state index >= 15 is 0 Å². The Kier molecular flexibility index (Phi) is 3.80. The number of aromatic nitrogens is 2. The molecule has 2 rings (SSSR count). The molecule has 0 spiro atoms. The van der Waals surface area contributed by atoms with E-state index in [4.69, 9.17) is 5.73 Å². The van der Waals surface area contributed by atoms with Crippen LogP contribution in [0, 0.1) is 6.92 Å². The summed E-state index contributed by atoms with van der Waals surface area (Å²) < 4.78 is 1.74. The third kappa shape index (κ3) is 3.55. The first-order chi connectivity index (χ1) is 9.04. The van der Waals surface area contributed by atoms with E-state index in [0.29, 0.717) is 12.1 Å². The molecular weight excluding hydrogens is 238 g/mol. The van der Waals surface area contributed by atoms with E-state index in [1.165, 1.54) is 0 Å². The summed E-state index contributed by atoms with van der Waals surface area (Å²) >= 11 is 0. The minimum absolute atomic E-state index is 0.0554. The van der Waals surface area contributed by atoms with Gasteiger partial charge in [0.05, 0.1) is 12.1 Å². The Hall–Kier alpha value is -2.36. The number of carbonyl (C=O) groups excluding carboxylic acids is 1. The molecule has 0 amide bonds. The Morgan fingerprint density at radius 1 is 1.37 bits per heavy atom. The van der Waals surface area contributed by atoms with E-state index in [-0.39, 0.29) is 5.78 Å². The number of anilines is 1. The van der Waals surface area contributed by atoms with Crippen molar-refractivity contribution >= 4 is 17.5 Å². The SMILES string of the molecule is Cc1cc(CC(=O)/C=C/c2ccc(N)cc2)n(C)n1. The summed E-state index contributed by atoms with van der Waals surface area (Å²) in [6.45, 7) is 1.91. The molecule has 0 radical (unpaired) electrons. The molecule has 0 fully saturated rings. The number of nitrogens with two attached hydrogens (primary N) is 1. The zero-order valence-electron chi connectivity index (χ0n) is 11.1. The molecule has 2 N–H and O–H groups in total. The predicted molar refractivity (Wildman–Crippen MR) is 76.5 cm³/mol. The molecule has 1 aromatic carbocycles. The molecule has 0 aliphatic carbocycles. The second kappa shape index (κ2) is 5.52. The molecule has 4 nitrogen and oxygen atoms in total. The van der Waals surface area contributed by atoms with Crippen molar-refractivity contribution in [1.29, 1.82) is 0 Å². The van der Waals surface area contributed by atoms with Crippen LogP contribution in [0.3, 0.4) is 0 Å². The van der Waals surface area contributed by atoms with Gasteiger partial charge in [-0.15, -0.1) is 0 Å². The molecule has 0 aliphatic heterocycles. The monoisotopic (exact) mass is 255 g/mol. The molecule has 0 saturated carbocycles. The third-order valence-corrected chi connectivity index (χ3v) is 2.85. The van der Waals surface area contributed by atoms with E-state index in [0.717, 1.165) is 17.0 Å². The van der Waals surface area contributed by atoms with Crippen LogP contribution in [0.5, 0.6) is 0 Å². The van der Waals surface area contributed by atoms with Gasteiger partial charge in [0.2, 0.25) is 0 Å². The Bertz CT molecular complexity index is 609. The molecule has 0 atom stereocenters. The van der Waals surface area contributed by atoms with Crippen molar-refractivity contribution in [3.63, 3.8) is 0 Å². The highest BCUT2D eigenvalue weighted by Gasteiger charge is 2.05. The zero-order valence-corrected chi connectivity index (χ0v) is 11.1. The smallest absolute Gasteiger partial charge is 0.161 e. The molecule has 98 valence electrons. The van der Waals surface area contributed by atoms with Crippen LogP contribution in [0.4, 0.5) is 5.69 Å². The molecule has 0 bridgehead atoms. The van der Waals surface area contributed by atoms with Crippen LogP contribution in [0.25, 0.3) is 6.08 Å². The Labute approximate surface area is 112 Å². The number of benzene rings is 1. The van der Waals surface area contributed by atoms with Gasteiger partial charge in [0.25, 0.3) is 0 Å². The maximum atomic E-state index is 11.9. The van der Waals surface area contributed by atoms with Gasteiger partial charge in [0, 0.05) is 18.4 Å². The van der Waals surface area contributed by atoms with Crippen molar-refractivity contribution in [2.75, 3.05) is 5.73 Å². The lowest BCUT2D eigenvalue weighted by atomic mass is 10.1. The van der Waals surface area contributed by atoms with E-state index in [9.17, 15) is 4.79 Å². The molecular formula is C15H17N3O. The topological polar surface area (TPSA) is 60.9 Å². The molecule has 0 aliphatic rings. The molecule has 4 heteroatoms. The highest BCUT2D eigenvalue weighted by atomic mass is 16.1. The van der Waals surface area contributed by atoms with Crippen molar-refractivity contribution in [3.05, 3.63) is 53.4 Å². The highest BCUT2D eigenvalue weighted by Crippen LogP contribution is 2.08. The van der Waals surface area contributed by atoms with Crippen LogP contribution in [0.15, 0.2) is 36.4 Å². The predicted octanol–water partition coefficient (Wildman–Crippen LogP) is 2.14. The number of nitrogens with zero attached hydrogens (tertiary/aromatic N) is 2. The van der Waals surface area contributed by atoms with Gasteiger partial charge in [-0.25, -0.2) is 0 Å². The largest absolute Gasteiger partial charge is 0.399 e. The third-order valence-electron chi connectivity index (χ3n) is 2.85. The van der Waals surface area contributed by atoms with Crippen LogP contribution in [-0.2, 0) is 18.3 Å². The summed E-state index contributed by atoms with van der Waals surface area (Å²) in [7, 11) is 1.85. The lowest BCUT2D eigenvalue weighted by Gasteiger charge is -1.98. The summed E-state index contributed by atoms with van der Waals surface area (Å²) in [5.74, 6) is 0.0554. The fraction of sp³-hybridized carbons (Fsp3) is 0.200. The molecule has 19 heavy (non-hydrogen) atoms. The zero-order chi connectivity index (χ0) is 13.8. The summed E-state index contributed by atoms with van der Waals surface area (Å²) in [5, 5.41) is 4.22. The fourth-order valence-corrected chi connectivity index (χ4v) is 1.86. The van der Waals surface area contributed by atoms with Gasteiger partial charge in [0.15, 0.2) is 5.78 Å². The van der Waals surface area contributed by atoms with Gasteiger partial charge in [-0.2, -0.15) is 5.10 Å². The average molecular weight is 255 g/mol. The summed E-state index contributed by atoms with van der Waals surface area (Å²) in [6, 6.07) is 9.32. The van der Waals surface area contributed by atoms with Gasteiger partial charge in [-0.3, -0.25) is 9.48 Å². The van der Waals surface area contributed by atoms with Crippen molar-refractivity contribution in [1.82, 2.24) is 9.78 Å². The van der Waals surface area contributed by atoms with Crippen LogP contribution in [0.1, 0.15) is 17.0 Å². The number of rotatable bonds is 4.